The van der Waals surface area contributed by atoms with Gasteiger partial charge < -0.3 is 29.2 Å². The van der Waals surface area contributed by atoms with E-state index < -0.39 is 0 Å². The molecule has 2 aliphatic rings. The minimum atomic E-state index is 0.125. The van der Waals surface area contributed by atoms with E-state index in [-0.39, 0.29) is 18.2 Å². The maximum absolute atomic E-state index is 5.94. The predicted molar refractivity (Wildman–Crippen MR) is 129 cm³/mol. The molecule has 0 bridgehead atoms. The van der Waals surface area contributed by atoms with Crippen LogP contribution in [0.3, 0.4) is 0 Å². The molecule has 0 aliphatic carbocycles. The lowest BCUT2D eigenvalue weighted by atomic mass is 10.1. The van der Waals surface area contributed by atoms with E-state index in [0.29, 0.717) is 24.8 Å². The molecule has 2 fully saturated rings. The summed E-state index contributed by atoms with van der Waals surface area (Å²) in [5.41, 5.74) is 3.67. The number of anilines is 2. The van der Waals surface area contributed by atoms with Crippen molar-refractivity contribution in [3.8, 4) is 11.4 Å². The first-order valence-electron chi connectivity index (χ1n) is 11.7. The SMILES string of the molecule is CC1CN(c2nc(N3CCOCC3C)c3[nH]c(-c4cccc5[nH]ccc45)nc3n2)CC(C)O1. The average molecular weight is 448 g/mol. The first-order chi connectivity index (χ1) is 16.1. The molecule has 0 amide bonds. The molecule has 2 saturated heterocycles. The van der Waals surface area contributed by atoms with Gasteiger partial charge in [-0.2, -0.15) is 9.97 Å². The molecule has 6 rings (SSSR count). The second-order valence-electron chi connectivity index (χ2n) is 9.16. The number of benzene rings is 1. The molecule has 4 aromatic rings. The van der Waals surface area contributed by atoms with E-state index in [4.69, 9.17) is 24.4 Å². The highest BCUT2D eigenvalue weighted by molar-refractivity contribution is 5.96. The van der Waals surface area contributed by atoms with Crippen LogP contribution in [0.2, 0.25) is 0 Å². The third-order valence-electron chi connectivity index (χ3n) is 6.51. The highest BCUT2D eigenvalue weighted by Crippen LogP contribution is 2.33. The lowest BCUT2D eigenvalue weighted by molar-refractivity contribution is -0.00570. The monoisotopic (exact) mass is 447 g/mol. The molecule has 2 aliphatic heterocycles. The molecule has 1 aromatic carbocycles. The van der Waals surface area contributed by atoms with E-state index in [9.17, 15) is 0 Å². The van der Waals surface area contributed by atoms with Gasteiger partial charge in [-0.05, 0) is 32.9 Å². The Kier molecular flexibility index (Phi) is 4.95. The average Bonchev–Trinajstić information content (AvgIpc) is 3.45. The zero-order valence-electron chi connectivity index (χ0n) is 19.2. The van der Waals surface area contributed by atoms with Gasteiger partial charge in [-0.25, -0.2) is 4.98 Å². The maximum atomic E-state index is 5.94. The van der Waals surface area contributed by atoms with E-state index in [1.807, 2.05) is 12.3 Å². The number of hydrogen-bond donors (Lipinski definition) is 2. The minimum absolute atomic E-state index is 0.125. The van der Waals surface area contributed by atoms with Crippen LogP contribution in [-0.4, -0.2) is 76.0 Å². The molecular weight excluding hydrogens is 418 g/mol. The fourth-order valence-electron chi connectivity index (χ4n) is 5.02. The first-order valence-corrected chi connectivity index (χ1v) is 11.7. The Balaban J connectivity index is 1.51. The zero-order valence-corrected chi connectivity index (χ0v) is 19.2. The predicted octanol–water partition coefficient (Wildman–Crippen LogP) is 3.34. The number of morpholine rings is 2. The molecular formula is C24H29N7O2. The van der Waals surface area contributed by atoms with Crippen LogP contribution in [0.4, 0.5) is 11.8 Å². The number of nitrogens with zero attached hydrogens (tertiary/aromatic N) is 5. The second kappa shape index (κ2) is 8.00. The molecule has 0 spiro atoms. The molecule has 9 nitrogen and oxygen atoms in total. The van der Waals surface area contributed by atoms with Gasteiger partial charge in [-0.1, -0.05) is 12.1 Å². The summed E-state index contributed by atoms with van der Waals surface area (Å²) in [5, 5.41) is 1.13. The Labute approximate surface area is 192 Å². The number of ether oxygens (including phenoxy) is 2. The van der Waals surface area contributed by atoms with Gasteiger partial charge in [0.2, 0.25) is 5.95 Å². The molecule has 172 valence electrons. The topological polar surface area (TPSA) is 95.2 Å². The molecule has 9 heteroatoms. The van der Waals surface area contributed by atoms with Gasteiger partial charge in [0.25, 0.3) is 0 Å². The van der Waals surface area contributed by atoms with Crippen LogP contribution in [0.25, 0.3) is 33.5 Å². The summed E-state index contributed by atoms with van der Waals surface area (Å²) in [7, 11) is 0. The van der Waals surface area contributed by atoms with Gasteiger partial charge in [0, 0.05) is 42.3 Å². The van der Waals surface area contributed by atoms with Crippen molar-refractivity contribution in [3.05, 3.63) is 30.5 Å². The van der Waals surface area contributed by atoms with Crippen molar-refractivity contribution < 1.29 is 9.47 Å². The molecule has 33 heavy (non-hydrogen) atoms. The Morgan fingerprint density at radius 1 is 1.03 bits per heavy atom. The van der Waals surface area contributed by atoms with Crippen LogP contribution in [0.15, 0.2) is 30.5 Å². The third kappa shape index (κ3) is 3.61. The fourth-order valence-corrected chi connectivity index (χ4v) is 5.02. The molecule has 3 aromatic heterocycles. The molecule has 0 saturated carbocycles. The highest BCUT2D eigenvalue weighted by atomic mass is 16.5. The van der Waals surface area contributed by atoms with E-state index in [0.717, 1.165) is 53.3 Å². The number of aromatic nitrogens is 5. The Morgan fingerprint density at radius 3 is 2.70 bits per heavy atom. The normalized spacial score (nSPS) is 24.2. The minimum Gasteiger partial charge on any atom is -0.377 e. The molecule has 0 radical (unpaired) electrons. The third-order valence-corrected chi connectivity index (χ3v) is 6.51. The van der Waals surface area contributed by atoms with Crippen LogP contribution in [-0.2, 0) is 9.47 Å². The lowest BCUT2D eigenvalue weighted by Crippen LogP contribution is -2.47. The summed E-state index contributed by atoms with van der Waals surface area (Å²) in [6.07, 6.45) is 2.20. The van der Waals surface area contributed by atoms with Crippen molar-refractivity contribution in [2.45, 2.75) is 39.0 Å². The standard InChI is InChI=1S/C24H29N7O2/c1-14-13-32-10-9-31(14)23-20-22(28-24(29-23)30-11-15(2)33-16(3)12-30)27-21(26-20)18-5-4-6-19-17(18)7-8-25-19/h4-8,14-16,25H,9-13H2,1-3H3,(H,26,27,28,29). The fraction of sp³-hybridized carbons (Fsp3) is 0.458. The van der Waals surface area contributed by atoms with Gasteiger partial charge in [-0.15, -0.1) is 0 Å². The summed E-state index contributed by atoms with van der Waals surface area (Å²) in [6, 6.07) is 8.49. The van der Waals surface area contributed by atoms with Gasteiger partial charge in [0.15, 0.2) is 11.5 Å². The zero-order chi connectivity index (χ0) is 22.5. The molecule has 2 N–H and O–H groups in total. The maximum Gasteiger partial charge on any atom is 0.229 e. The molecule has 3 atom stereocenters. The van der Waals surface area contributed by atoms with Crippen molar-refractivity contribution >= 4 is 33.8 Å². The van der Waals surface area contributed by atoms with Crippen molar-refractivity contribution in [2.24, 2.45) is 0 Å². The van der Waals surface area contributed by atoms with Gasteiger partial charge in [0.05, 0.1) is 31.5 Å². The van der Waals surface area contributed by atoms with Crippen molar-refractivity contribution in [3.63, 3.8) is 0 Å². The van der Waals surface area contributed by atoms with Crippen LogP contribution >= 0.6 is 0 Å². The highest BCUT2D eigenvalue weighted by Gasteiger charge is 2.29. The number of hydrogen-bond acceptors (Lipinski definition) is 7. The van der Waals surface area contributed by atoms with E-state index in [1.54, 1.807) is 0 Å². The van der Waals surface area contributed by atoms with Crippen molar-refractivity contribution in [2.75, 3.05) is 42.6 Å². The van der Waals surface area contributed by atoms with Crippen LogP contribution < -0.4 is 9.80 Å². The van der Waals surface area contributed by atoms with Crippen molar-refractivity contribution in [1.29, 1.82) is 0 Å². The first kappa shape index (κ1) is 20.4. The number of nitrogens with one attached hydrogen (secondary N) is 2. The number of fused-ring (bicyclic) bond motifs is 2. The lowest BCUT2D eigenvalue weighted by Gasteiger charge is -2.37. The second-order valence-corrected chi connectivity index (χ2v) is 9.16. The summed E-state index contributed by atoms with van der Waals surface area (Å²) in [6.45, 7) is 10.0. The van der Waals surface area contributed by atoms with Crippen molar-refractivity contribution in [1.82, 2.24) is 24.9 Å². The summed E-state index contributed by atoms with van der Waals surface area (Å²) < 4.78 is 11.6. The van der Waals surface area contributed by atoms with Gasteiger partial charge in [-0.3, -0.25) is 0 Å². The largest absolute Gasteiger partial charge is 0.377 e. The molecule has 3 unspecified atom stereocenters. The van der Waals surface area contributed by atoms with E-state index in [2.05, 4.69) is 58.7 Å². The Hall–Kier alpha value is -3.17. The number of aromatic amines is 2. The van der Waals surface area contributed by atoms with E-state index in [1.165, 1.54) is 0 Å². The number of rotatable bonds is 3. The van der Waals surface area contributed by atoms with Gasteiger partial charge >= 0.3 is 0 Å². The van der Waals surface area contributed by atoms with Crippen LogP contribution in [0.5, 0.6) is 0 Å². The van der Waals surface area contributed by atoms with Crippen LogP contribution in [0.1, 0.15) is 20.8 Å². The van der Waals surface area contributed by atoms with Crippen LogP contribution in [0, 0.1) is 0 Å². The quantitative estimate of drug-likeness (QED) is 0.497. The number of H-pyrrole nitrogens is 2. The summed E-state index contributed by atoms with van der Waals surface area (Å²) in [4.78, 5) is 26.3. The smallest absolute Gasteiger partial charge is 0.229 e. The summed E-state index contributed by atoms with van der Waals surface area (Å²) >= 11 is 0. The van der Waals surface area contributed by atoms with Gasteiger partial charge in [0.1, 0.15) is 11.3 Å². The Morgan fingerprint density at radius 2 is 1.88 bits per heavy atom. The van der Waals surface area contributed by atoms with E-state index >= 15 is 0 Å². The number of imidazole rings is 1. The molecule has 5 heterocycles. The summed E-state index contributed by atoms with van der Waals surface area (Å²) in [5.74, 6) is 2.39. The Bertz CT molecular complexity index is 1290.